The molecule has 0 aliphatic rings. The highest BCUT2D eigenvalue weighted by atomic mass is 19.3. The Morgan fingerprint density at radius 3 is 2.55 bits per heavy atom. The number of halogens is 3. The van der Waals surface area contributed by atoms with Crippen LogP contribution in [-0.2, 0) is 17.3 Å². The Labute approximate surface area is 175 Å². The van der Waals surface area contributed by atoms with Gasteiger partial charge in [-0.25, -0.2) is 19.3 Å². The molecule has 11 heteroatoms. The van der Waals surface area contributed by atoms with Gasteiger partial charge in [-0.05, 0) is 19.1 Å². The van der Waals surface area contributed by atoms with Gasteiger partial charge in [-0.2, -0.15) is 8.78 Å². The van der Waals surface area contributed by atoms with E-state index in [1.165, 1.54) is 37.4 Å². The lowest BCUT2D eigenvalue weighted by atomic mass is 10.3. The predicted molar refractivity (Wildman–Crippen MR) is 107 cm³/mol. The zero-order chi connectivity index (χ0) is 22.6. The van der Waals surface area contributed by atoms with Crippen molar-refractivity contribution in [3.63, 3.8) is 0 Å². The zero-order valence-corrected chi connectivity index (χ0v) is 16.9. The summed E-state index contributed by atoms with van der Waals surface area (Å²) in [6, 6.07) is 5.67. The summed E-state index contributed by atoms with van der Waals surface area (Å²) in [4.78, 5) is 27.0. The maximum absolute atomic E-state index is 13.7. The van der Waals surface area contributed by atoms with E-state index < -0.39 is 17.6 Å². The molecule has 3 aromatic heterocycles. The molecule has 0 fully saturated rings. The van der Waals surface area contributed by atoms with Gasteiger partial charge in [0.05, 0.1) is 23.8 Å². The molecule has 3 heterocycles. The molecule has 3 rings (SSSR count). The van der Waals surface area contributed by atoms with Gasteiger partial charge in [0.25, 0.3) is 0 Å². The fourth-order valence-corrected chi connectivity index (χ4v) is 2.51. The van der Waals surface area contributed by atoms with Crippen LogP contribution in [0.5, 0.6) is 5.75 Å². The lowest BCUT2D eigenvalue weighted by Gasteiger charge is -2.16. The Morgan fingerprint density at radius 2 is 1.90 bits per heavy atom. The fourth-order valence-electron chi connectivity index (χ4n) is 2.51. The van der Waals surface area contributed by atoms with E-state index in [0.717, 1.165) is 6.20 Å². The normalized spacial score (nSPS) is 11.2. The summed E-state index contributed by atoms with van der Waals surface area (Å²) in [5.74, 6) is -4.12. The number of pyridine rings is 2. The summed E-state index contributed by atoms with van der Waals surface area (Å²) in [6.45, 7) is 3.59. The average Bonchev–Trinajstić information content (AvgIpc) is 2.67. The van der Waals surface area contributed by atoms with Crippen molar-refractivity contribution < 1.29 is 22.7 Å². The third kappa shape index (κ3) is 6.11. The minimum atomic E-state index is -3.23. The number of amides is 1. The number of carbonyl (C=O) groups is 1. The quantitative estimate of drug-likeness (QED) is 0.579. The smallest absolute Gasteiger partial charge is 0.303 e. The second-order valence-corrected chi connectivity index (χ2v) is 6.73. The molecule has 0 aliphatic carbocycles. The number of rotatable bonds is 7. The molecular formula is C20H19F3N6O2. The van der Waals surface area contributed by atoms with E-state index in [1.54, 1.807) is 6.92 Å². The lowest BCUT2D eigenvalue weighted by molar-refractivity contribution is -0.114. The molecule has 0 aromatic carbocycles. The van der Waals surface area contributed by atoms with Crippen molar-refractivity contribution in [2.45, 2.75) is 33.3 Å². The molecule has 0 unspecified atom stereocenters. The van der Waals surface area contributed by atoms with Gasteiger partial charge in [0, 0.05) is 31.7 Å². The van der Waals surface area contributed by atoms with Crippen molar-refractivity contribution in [3.05, 3.63) is 59.7 Å². The second kappa shape index (κ2) is 8.94. The Bertz CT molecular complexity index is 1090. The number of nitrogens with zero attached hydrogens (tertiary/aromatic N) is 4. The van der Waals surface area contributed by atoms with Gasteiger partial charge >= 0.3 is 5.92 Å². The second-order valence-electron chi connectivity index (χ2n) is 6.73. The average molecular weight is 432 g/mol. The summed E-state index contributed by atoms with van der Waals surface area (Å²) in [6.07, 6.45) is 2.41. The van der Waals surface area contributed by atoms with Crippen LogP contribution in [0.4, 0.5) is 30.5 Å². The molecule has 8 nitrogen and oxygen atoms in total. The summed E-state index contributed by atoms with van der Waals surface area (Å²) in [5.41, 5.74) is 1.11. The summed E-state index contributed by atoms with van der Waals surface area (Å²) < 4.78 is 46.2. The van der Waals surface area contributed by atoms with Crippen LogP contribution >= 0.6 is 0 Å². The van der Waals surface area contributed by atoms with Crippen LogP contribution in [0.3, 0.4) is 0 Å². The standard InChI is InChI=1S/C20H19F3N6O2/c1-11-6-18(29-19(26-11)20(3,22)23)28-15-7-17(27-12(2)30)25-9-16(15)31-10-14-5-4-13(21)8-24-14/h4-9H,10H2,1-3H3,(H2,25,26,27,28,29,30). The highest BCUT2D eigenvalue weighted by Crippen LogP contribution is 2.31. The van der Waals surface area contributed by atoms with Crippen LogP contribution in [0.2, 0.25) is 0 Å². The number of alkyl halides is 2. The van der Waals surface area contributed by atoms with E-state index in [9.17, 15) is 18.0 Å². The van der Waals surface area contributed by atoms with E-state index >= 15 is 0 Å². The first-order chi connectivity index (χ1) is 14.6. The Hall–Kier alpha value is -3.76. The number of nitrogens with one attached hydrogen (secondary N) is 2. The van der Waals surface area contributed by atoms with E-state index in [2.05, 4.69) is 30.6 Å². The van der Waals surface area contributed by atoms with Crippen molar-refractivity contribution >= 4 is 23.2 Å². The first-order valence-corrected chi connectivity index (χ1v) is 9.12. The Balaban J connectivity index is 1.91. The Morgan fingerprint density at radius 1 is 1.13 bits per heavy atom. The van der Waals surface area contributed by atoms with E-state index in [-0.39, 0.29) is 29.9 Å². The van der Waals surface area contributed by atoms with Gasteiger partial charge < -0.3 is 15.4 Å². The number of anilines is 3. The van der Waals surface area contributed by atoms with Gasteiger partial charge in [-0.15, -0.1) is 0 Å². The van der Waals surface area contributed by atoms with Gasteiger partial charge in [0.15, 0.2) is 5.75 Å². The van der Waals surface area contributed by atoms with Crippen LogP contribution < -0.4 is 15.4 Å². The molecule has 2 N–H and O–H groups in total. The molecule has 0 atom stereocenters. The summed E-state index contributed by atoms with van der Waals surface area (Å²) in [5, 5.41) is 5.44. The molecule has 1 amide bonds. The number of aryl methyl sites for hydroxylation is 1. The minimum absolute atomic E-state index is 0.00277. The molecule has 3 aromatic rings. The maximum Gasteiger partial charge on any atom is 0.303 e. The highest BCUT2D eigenvalue weighted by molar-refractivity contribution is 5.88. The number of aromatic nitrogens is 4. The van der Waals surface area contributed by atoms with Gasteiger partial charge in [0.2, 0.25) is 11.7 Å². The largest absolute Gasteiger partial charge is 0.483 e. The fraction of sp³-hybridized carbons (Fsp3) is 0.250. The van der Waals surface area contributed by atoms with Crippen molar-refractivity contribution in [2.24, 2.45) is 0 Å². The van der Waals surface area contributed by atoms with Crippen LogP contribution in [0, 0.1) is 12.7 Å². The van der Waals surface area contributed by atoms with Crippen molar-refractivity contribution in [1.82, 2.24) is 19.9 Å². The molecule has 0 bridgehead atoms. The van der Waals surface area contributed by atoms with Crippen LogP contribution in [0.25, 0.3) is 0 Å². The van der Waals surface area contributed by atoms with E-state index in [0.29, 0.717) is 24.0 Å². The summed E-state index contributed by atoms with van der Waals surface area (Å²) in [7, 11) is 0. The maximum atomic E-state index is 13.7. The third-order valence-corrected chi connectivity index (χ3v) is 3.85. The summed E-state index contributed by atoms with van der Waals surface area (Å²) >= 11 is 0. The van der Waals surface area contributed by atoms with E-state index in [4.69, 9.17) is 4.74 Å². The first kappa shape index (κ1) is 21.9. The van der Waals surface area contributed by atoms with Crippen molar-refractivity contribution in [2.75, 3.05) is 10.6 Å². The van der Waals surface area contributed by atoms with Crippen LogP contribution in [0.1, 0.15) is 31.1 Å². The monoisotopic (exact) mass is 432 g/mol. The minimum Gasteiger partial charge on any atom is -0.483 e. The molecule has 0 spiro atoms. The van der Waals surface area contributed by atoms with Crippen molar-refractivity contribution in [1.29, 1.82) is 0 Å². The van der Waals surface area contributed by atoms with Crippen molar-refractivity contribution in [3.8, 4) is 5.75 Å². The number of hydrogen-bond donors (Lipinski definition) is 2. The zero-order valence-electron chi connectivity index (χ0n) is 16.9. The number of ether oxygens (including phenoxy) is 1. The molecule has 0 saturated heterocycles. The van der Waals surface area contributed by atoms with E-state index in [1.807, 2.05) is 0 Å². The molecule has 0 aliphatic heterocycles. The third-order valence-electron chi connectivity index (χ3n) is 3.85. The molecule has 0 radical (unpaired) electrons. The highest BCUT2D eigenvalue weighted by Gasteiger charge is 2.29. The van der Waals surface area contributed by atoms with Crippen LogP contribution in [-0.4, -0.2) is 25.8 Å². The van der Waals surface area contributed by atoms with Gasteiger partial charge in [0.1, 0.15) is 24.1 Å². The van der Waals surface area contributed by atoms with Gasteiger partial charge in [-0.1, -0.05) is 0 Å². The molecule has 31 heavy (non-hydrogen) atoms. The Kier molecular flexibility index (Phi) is 6.33. The number of hydrogen-bond acceptors (Lipinski definition) is 7. The topological polar surface area (TPSA) is 102 Å². The first-order valence-electron chi connectivity index (χ1n) is 9.12. The lowest BCUT2D eigenvalue weighted by Crippen LogP contribution is -2.14. The number of carbonyl (C=O) groups excluding carboxylic acids is 1. The predicted octanol–water partition coefficient (Wildman–Crippen LogP) is 4.11. The SMILES string of the molecule is CC(=O)Nc1cc(Nc2cc(C)nc(C(C)(F)F)n2)c(OCc2ccc(F)cn2)cn1. The van der Waals surface area contributed by atoms with Crippen LogP contribution in [0.15, 0.2) is 36.7 Å². The molecular weight excluding hydrogens is 413 g/mol. The molecule has 162 valence electrons. The van der Waals surface area contributed by atoms with Gasteiger partial charge in [-0.3, -0.25) is 9.78 Å². The molecule has 0 saturated carbocycles.